The highest BCUT2D eigenvalue weighted by Crippen LogP contribution is 2.40. The average Bonchev–Trinajstić information content (AvgIpc) is 3.21. The number of anilines is 1. The molecule has 2 saturated heterocycles. The minimum absolute atomic E-state index is 0.402. The zero-order valence-corrected chi connectivity index (χ0v) is 19.4. The van der Waals surface area contributed by atoms with Crippen molar-refractivity contribution in [3.8, 4) is 0 Å². The quantitative estimate of drug-likeness (QED) is 0.566. The molecule has 1 spiro atoms. The van der Waals surface area contributed by atoms with Crippen molar-refractivity contribution < 1.29 is 46.1 Å². The first-order chi connectivity index (χ1) is 17.2. The Balaban J connectivity index is 0.000000286. The number of alkyl halides is 6. The lowest BCUT2D eigenvalue weighted by molar-refractivity contribution is -0.193. The third kappa shape index (κ3) is 9.82. The van der Waals surface area contributed by atoms with E-state index in [2.05, 4.69) is 30.8 Å². The SMILES string of the molecule is O=C(O)C(F)(F)F.O=C(O)C(F)(F)F.c1cnc(N2CCCC3(CCN(Cc4cccnc4)C3)C2)nc1. The highest BCUT2D eigenvalue weighted by molar-refractivity contribution is 5.73. The molecule has 2 aromatic rings. The Bertz CT molecular complexity index is 986. The van der Waals surface area contributed by atoms with E-state index in [9.17, 15) is 26.3 Å². The van der Waals surface area contributed by atoms with Crippen LogP contribution < -0.4 is 4.90 Å². The summed E-state index contributed by atoms with van der Waals surface area (Å²) >= 11 is 0. The number of halogens is 6. The number of piperidine rings is 1. The second kappa shape index (κ2) is 12.7. The van der Waals surface area contributed by atoms with Crippen molar-refractivity contribution in [2.75, 3.05) is 31.1 Å². The summed E-state index contributed by atoms with van der Waals surface area (Å²) in [6.45, 7) is 5.52. The van der Waals surface area contributed by atoms with Crippen LogP contribution in [0.2, 0.25) is 0 Å². The number of nitrogens with zero attached hydrogens (tertiary/aromatic N) is 5. The van der Waals surface area contributed by atoms with Crippen LogP contribution >= 0.6 is 0 Å². The van der Waals surface area contributed by atoms with E-state index in [1.54, 1.807) is 0 Å². The van der Waals surface area contributed by atoms with Crippen molar-refractivity contribution in [3.63, 3.8) is 0 Å². The van der Waals surface area contributed by atoms with E-state index in [-0.39, 0.29) is 0 Å². The molecule has 204 valence electrons. The number of rotatable bonds is 3. The molecule has 1 unspecified atom stereocenters. The average molecular weight is 537 g/mol. The topological polar surface area (TPSA) is 120 Å². The molecule has 0 aromatic carbocycles. The molecule has 2 N–H and O–H groups in total. The van der Waals surface area contributed by atoms with E-state index in [1.807, 2.05) is 36.9 Å². The Labute approximate surface area is 207 Å². The molecule has 0 radical (unpaired) electrons. The first-order valence-electron chi connectivity index (χ1n) is 11.0. The molecule has 37 heavy (non-hydrogen) atoms. The van der Waals surface area contributed by atoms with E-state index < -0.39 is 24.3 Å². The van der Waals surface area contributed by atoms with E-state index in [0.717, 1.165) is 25.6 Å². The Morgan fingerprint density at radius 1 is 0.892 bits per heavy atom. The van der Waals surface area contributed by atoms with Gasteiger partial charge >= 0.3 is 24.3 Å². The summed E-state index contributed by atoms with van der Waals surface area (Å²) in [4.78, 5) is 35.8. The molecule has 9 nitrogen and oxygen atoms in total. The monoisotopic (exact) mass is 537 g/mol. The third-order valence-corrected chi connectivity index (χ3v) is 5.63. The van der Waals surface area contributed by atoms with Crippen LogP contribution in [-0.2, 0) is 16.1 Å². The Morgan fingerprint density at radius 2 is 1.49 bits per heavy atom. The molecule has 0 saturated carbocycles. The van der Waals surface area contributed by atoms with Crippen molar-refractivity contribution >= 4 is 17.9 Å². The van der Waals surface area contributed by atoms with Crippen LogP contribution in [-0.4, -0.2) is 80.5 Å². The van der Waals surface area contributed by atoms with E-state index in [4.69, 9.17) is 19.8 Å². The predicted molar refractivity (Wildman–Crippen MR) is 117 cm³/mol. The van der Waals surface area contributed by atoms with Gasteiger partial charge in [0.2, 0.25) is 5.95 Å². The standard InChI is InChI=1S/C18H23N5.2C2HF3O2/c1-4-16(12-19-7-1)13-22-11-6-18(14-22)5-2-10-23(15-18)17-20-8-3-9-21-17;2*3-2(4,5)1(6)7/h1,3-4,7-9,12H,2,5-6,10-11,13-15H2;2*(H,6,7). The predicted octanol–water partition coefficient (Wildman–Crippen LogP) is 3.63. The van der Waals surface area contributed by atoms with Gasteiger partial charge in [0.15, 0.2) is 0 Å². The minimum Gasteiger partial charge on any atom is -0.475 e. The van der Waals surface area contributed by atoms with E-state index in [0.29, 0.717) is 5.41 Å². The summed E-state index contributed by atoms with van der Waals surface area (Å²) in [5.41, 5.74) is 1.71. The van der Waals surface area contributed by atoms with Crippen LogP contribution in [0.5, 0.6) is 0 Å². The van der Waals surface area contributed by atoms with Crippen LogP contribution in [0.25, 0.3) is 0 Å². The molecule has 2 aliphatic heterocycles. The van der Waals surface area contributed by atoms with Crippen molar-refractivity contribution in [2.24, 2.45) is 5.41 Å². The molecular weight excluding hydrogens is 512 g/mol. The van der Waals surface area contributed by atoms with Gasteiger partial charge in [0.1, 0.15) is 0 Å². The lowest BCUT2D eigenvalue weighted by Crippen LogP contribution is -2.45. The van der Waals surface area contributed by atoms with E-state index in [1.165, 1.54) is 37.9 Å². The van der Waals surface area contributed by atoms with Gasteiger partial charge in [-0.15, -0.1) is 0 Å². The Hall–Kier alpha value is -3.49. The molecule has 15 heteroatoms. The van der Waals surface area contributed by atoms with Crippen molar-refractivity contribution in [1.29, 1.82) is 0 Å². The fourth-order valence-corrected chi connectivity index (χ4v) is 4.08. The molecule has 4 heterocycles. The van der Waals surface area contributed by atoms with Crippen LogP contribution in [0, 0.1) is 5.41 Å². The van der Waals surface area contributed by atoms with Gasteiger partial charge in [-0.1, -0.05) is 6.07 Å². The van der Waals surface area contributed by atoms with Crippen LogP contribution in [0.15, 0.2) is 43.0 Å². The first-order valence-corrected chi connectivity index (χ1v) is 11.0. The molecule has 2 aliphatic rings. The fourth-order valence-electron chi connectivity index (χ4n) is 4.08. The highest BCUT2D eigenvalue weighted by atomic mass is 19.4. The fraction of sp³-hybridized carbons (Fsp3) is 0.500. The third-order valence-electron chi connectivity index (χ3n) is 5.63. The number of aromatic nitrogens is 3. The number of carbonyl (C=O) groups is 2. The number of likely N-dealkylation sites (tertiary alicyclic amines) is 1. The van der Waals surface area contributed by atoms with Crippen LogP contribution in [0.1, 0.15) is 24.8 Å². The largest absolute Gasteiger partial charge is 0.490 e. The normalized spacial score (nSPS) is 19.9. The lowest BCUT2D eigenvalue weighted by atomic mass is 9.79. The number of carboxylic acid groups (broad SMARTS) is 2. The van der Waals surface area contributed by atoms with Gasteiger partial charge in [-0.3, -0.25) is 9.88 Å². The molecular formula is C22H25F6N5O4. The number of hydrogen-bond acceptors (Lipinski definition) is 7. The second-order valence-corrected chi connectivity index (χ2v) is 8.50. The summed E-state index contributed by atoms with van der Waals surface area (Å²) in [6.07, 6.45) is 1.17. The maximum atomic E-state index is 10.6. The lowest BCUT2D eigenvalue weighted by Gasteiger charge is -2.40. The summed E-state index contributed by atoms with van der Waals surface area (Å²) < 4.78 is 63.5. The van der Waals surface area contributed by atoms with Crippen molar-refractivity contribution in [1.82, 2.24) is 19.9 Å². The molecule has 1 atom stereocenters. The van der Waals surface area contributed by atoms with Crippen LogP contribution in [0.3, 0.4) is 0 Å². The summed E-state index contributed by atoms with van der Waals surface area (Å²) in [6, 6.07) is 6.08. The van der Waals surface area contributed by atoms with Gasteiger partial charge in [0, 0.05) is 56.4 Å². The van der Waals surface area contributed by atoms with Crippen molar-refractivity contribution in [3.05, 3.63) is 48.5 Å². The van der Waals surface area contributed by atoms with Gasteiger partial charge < -0.3 is 15.1 Å². The number of carboxylic acids is 2. The van der Waals surface area contributed by atoms with Crippen LogP contribution in [0.4, 0.5) is 32.3 Å². The van der Waals surface area contributed by atoms with Gasteiger partial charge in [-0.25, -0.2) is 19.6 Å². The summed E-state index contributed by atoms with van der Waals surface area (Å²) in [7, 11) is 0. The molecule has 0 bridgehead atoms. The summed E-state index contributed by atoms with van der Waals surface area (Å²) in [5.74, 6) is -4.63. The molecule has 0 aliphatic carbocycles. The molecule has 0 amide bonds. The number of hydrogen-bond donors (Lipinski definition) is 2. The second-order valence-electron chi connectivity index (χ2n) is 8.50. The molecule has 2 aromatic heterocycles. The minimum atomic E-state index is -5.08. The van der Waals surface area contributed by atoms with Gasteiger partial charge in [0.05, 0.1) is 0 Å². The van der Waals surface area contributed by atoms with Crippen molar-refractivity contribution in [2.45, 2.75) is 38.2 Å². The Kier molecular flexibility index (Phi) is 10.2. The Morgan fingerprint density at radius 3 is 2.00 bits per heavy atom. The maximum absolute atomic E-state index is 10.6. The van der Waals surface area contributed by atoms with Gasteiger partial charge in [-0.2, -0.15) is 26.3 Å². The number of aliphatic carboxylic acids is 2. The number of pyridine rings is 1. The maximum Gasteiger partial charge on any atom is 0.490 e. The van der Waals surface area contributed by atoms with Gasteiger partial charge in [0.25, 0.3) is 0 Å². The zero-order valence-electron chi connectivity index (χ0n) is 19.4. The molecule has 4 rings (SSSR count). The zero-order chi connectivity index (χ0) is 27.7. The first kappa shape index (κ1) is 29.7. The smallest absolute Gasteiger partial charge is 0.475 e. The molecule has 2 fully saturated rings. The highest BCUT2D eigenvalue weighted by Gasteiger charge is 2.42. The summed E-state index contributed by atoms with van der Waals surface area (Å²) in [5, 5.41) is 14.2. The van der Waals surface area contributed by atoms with Gasteiger partial charge in [-0.05, 0) is 43.5 Å². The van der Waals surface area contributed by atoms with E-state index >= 15 is 0 Å².